The first-order valence-electron chi connectivity index (χ1n) is 7.09. The largest absolute Gasteiger partial charge is 0.366 e. The zero-order chi connectivity index (χ0) is 16.2. The molecule has 1 rings (SSSR count). The number of nitrogens with two attached hydrogens (primary N) is 1. The summed E-state index contributed by atoms with van der Waals surface area (Å²) >= 11 is 0. The maximum atomic E-state index is 11.2. The molecule has 0 aromatic heterocycles. The highest BCUT2D eigenvalue weighted by atomic mass is 16.6. The molecule has 116 valence electrons. The van der Waals surface area contributed by atoms with Crippen LogP contribution in [0.5, 0.6) is 0 Å². The van der Waals surface area contributed by atoms with Crippen LogP contribution in [0, 0.1) is 16.0 Å². The van der Waals surface area contributed by atoms with E-state index in [2.05, 4.69) is 25.7 Å². The normalized spacial score (nSPS) is 12.7. The highest BCUT2D eigenvalue weighted by molar-refractivity contribution is 5.93. The van der Waals surface area contributed by atoms with Crippen molar-refractivity contribution < 1.29 is 9.72 Å². The number of nitrogens with zero attached hydrogens (tertiary/aromatic N) is 2. The van der Waals surface area contributed by atoms with Gasteiger partial charge in [0.15, 0.2) is 0 Å². The molecule has 2 N–H and O–H groups in total. The Morgan fingerprint density at radius 2 is 2.00 bits per heavy atom. The Labute approximate surface area is 125 Å². The Bertz CT molecular complexity index is 529. The molecule has 1 atom stereocenters. The summed E-state index contributed by atoms with van der Waals surface area (Å²) in [4.78, 5) is 24.1. The van der Waals surface area contributed by atoms with Crippen LogP contribution in [0.25, 0.3) is 0 Å². The van der Waals surface area contributed by atoms with Crippen LogP contribution in [-0.2, 0) is 6.54 Å². The Balaban J connectivity index is 3.12. The number of carbonyl (C=O) groups is 1. The minimum Gasteiger partial charge on any atom is -0.366 e. The smallest absolute Gasteiger partial charge is 0.274 e. The van der Waals surface area contributed by atoms with E-state index in [1.165, 1.54) is 6.07 Å². The molecule has 0 saturated carbocycles. The van der Waals surface area contributed by atoms with Crippen LogP contribution < -0.4 is 5.73 Å². The molecule has 0 fully saturated rings. The Morgan fingerprint density at radius 3 is 2.43 bits per heavy atom. The molecule has 0 aliphatic rings. The van der Waals surface area contributed by atoms with Gasteiger partial charge in [-0.25, -0.2) is 0 Å². The molecule has 0 bridgehead atoms. The number of hydrogen-bond donors (Lipinski definition) is 1. The lowest BCUT2D eigenvalue weighted by atomic mass is 10.0. The molecule has 1 amide bonds. The quantitative estimate of drug-likeness (QED) is 0.618. The van der Waals surface area contributed by atoms with Crippen LogP contribution >= 0.6 is 0 Å². The fourth-order valence-corrected chi connectivity index (χ4v) is 2.20. The summed E-state index contributed by atoms with van der Waals surface area (Å²) in [7, 11) is 0. The van der Waals surface area contributed by atoms with Crippen LogP contribution in [0.4, 0.5) is 5.69 Å². The second-order valence-electron chi connectivity index (χ2n) is 5.51. The lowest BCUT2D eigenvalue weighted by molar-refractivity contribution is -0.385. The Morgan fingerprint density at radius 1 is 1.38 bits per heavy atom. The van der Waals surface area contributed by atoms with E-state index in [0.717, 1.165) is 6.54 Å². The third kappa shape index (κ3) is 4.26. The van der Waals surface area contributed by atoms with E-state index in [1.54, 1.807) is 12.1 Å². The summed E-state index contributed by atoms with van der Waals surface area (Å²) < 4.78 is 0. The van der Waals surface area contributed by atoms with Gasteiger partial charge in [0.05, 0.1) is 4.92 Å². The van der Waals surface area contributed by atoms with Gasteiger partial charge in [0.1, 0.15) is 0 Å². The van der Waals surface area contributed by atoms with Crippen molar-refractivity contribution in [2.45, 2.75) is 40.3 Å². The Hall–Kier alpha value is -1.95. The van der Waals surface area contributed by atoms with Crippen molar-refractivity contribution in [3.8, 4) is 0 Å². The zero-order valence-corrected chi connectivity index (χ0v) is 13.0. The van der Waals surface area contributed by atoms with Crippen LogP contribution in [0.2, 0.25) is 0 Å². The van der Waals surface area contributed by atoms with Gasteiger partial charge in [0, 0.05) is 29.8 Å². The molecular formula is C15H23N3O3. The maximum Gasteiger partial charge on any atom is 0.274 e. The molecule has 0 aliphatic carbocycles. The fraction of sp³-hybridized carbons (Fsp3) is 0.533. The number of primary amides is 1. The van der Waals surface area contributed by atoms with Crippen LogP contribution in [0.1, 0.15) is 43.6 Å². The molecule has 0 radical (unpaired) electrons. The molecule has 0 aliphatic heterocycles. The molecule has 21 heavy (non-hydrogen) atoms. The molecule has 1 aromatic carbocycles. The predicted molar refractivity (Wildman–Crippen MR) is 82.0 cm³/mol. The van der Waals surface area contributed by atoms with Crippen molar-refractivity contribution in [2.24, 2.45) is 11.7 Å². The van der Waals surface area contributed by atoms with Gasteiger partial charge in [0.25, 0.3) is 5.69 Å². The Kier molecular flexibility index (Phi) is 5.84. The van der Waals surface area contributed by atoms with Gasteiger partial charge >= 0.3 is 0 Å². The van der Waals surface area contributed by atoms with Gasteiger partial charge in [0.2, 0.25) is 5.91 Å². The SMILES string of the molecule is CCN(Cc1ccc(C(N)=O)cc1[N+](=O)[O-])C(C)C(C)C. The number of hydrogen-bond acceptors (Lipinski definition) is 4. The van der Waals surface area contributed by atoms with E-state index in [-0.39, 0.29) is 11.3 Å². The topological polar surface area (TPSA) is 89.5 Å². The van der Waals surface area contributed by atoms with E-state index in [0.29, 0.717) is 24.1 Å². The van der Waals surface area contributed by atoms with E-state index in [9.17, 15) is 14.9 Å². The summed E-state index contributed by atoms with van der Waals surface area (Å²) in [6.07, 6.45) is 0. The summed E-state index contributed by atoms with van der Waals surface area (Å²) in [5, 5.41) is 11.2. The molecule has 0 spiro atoms. The monoisotopic (exact) mass is 293 g/mol. The second kappa shape index (κ2) is 7.17. The van der Waals surface area contributed by atoms with Gasteiger partial charge in [-0.3, -0.25) is 19.8 Å². The molecule has 6 nitrogen and oxygen atoms in total. The number of nitro groups is 1. The van der Waals surface area contributed by atoms with Gasteiger partial charge in [-0.1, -0.05) is 26.8 Å². The number of rotatable bonds is 7. The molecule has 1 unspecified atom stereocenters. The van der Waals surface area contributed by atoms with Gasteiger partial charge < -0.3 is 5.73 Å². The van der Waals surface area contributed by atoms with Crippen LogP contribution in [-0.4, -0.2) is 28.3 Å². The molecule has 0 heterocycles. The predicted octanol–water partition coefficient (Wildman–Crippen LogP) is 2.56. The third-order valence-electron chi connectivity index (χ3n) is 3.89. The maximum absolute atomic E-state index is 11.2. The van der Waals surface area contributed by atoms with Gasteiger partial charge in [-0.05, 0) is 25.5 Å². The molecule has 0 saturated heterocycles. The van der Waals surface area contributed by atoms with Crippen molar-refractivity contribution in [3.05, 3.63) is 39.4 Å². The molecule has 1 aromatic rings. The average molecular weight is 293 g/mol. The fourth-order valence-electron chi connectivity index (χ4n) is 2.20. The van der Waals surface area contributed by atoms with Crippen LogP contribution in [0.15, 0.2) is 18.2 Å². The third-order valence-corrected chi connectivity index (χ3v) is 3.89. The summed E-state index contributed by atoms with van der Waals surface area (Å²) in [6, 6.07) is 4.73. The lowest BCUT2D eigenvalue weighted by Gasteiger charge is -2.30. The van der Waals surface area contributed by atoms with Crippen molar-refractivity contribution in [3.63, 3.8) is 0 Å². The standard InChI is InChI=1S/C15H23N3O3/c1-5-17(11(4)10(2)3)9-13-7-6-12(15(16)19)8-14(13)18(20)21/h6-8,10-11H,5,9H2,1-4H3,(H2,16,19). The highest BCUT2D eigenvalue weighted by Crippen LogP contribution is 2.23. The first-order valence-corrected chi connectivity index (χ1v) is 7.09. The van der Waals surface area contributed by atoms with Crippen molar-refractivity contribution in [1.82, 2.24) is 4.90 Å². The number of amides is 1. The lowest BCUT2D eigenvalue weighted by Crippen LogP contribution is -2.36. The average Bonchev–Trinajstić information content (AvgIpc) is 2.43. The van der Waals surface area contributed by atoms with Crippen molar-refractivity contribution >= 4 is 11.6 Å². The molecule has 6 heteroatoms. The van der Waals surface area contributed by atoms with E-state index < -0.39 is 10.8 Å². The minimum atomic E-state index is -0.660. The summed E-state index contributed by atoms with van der Waals surface area (Å²) in [5.74, 6) is -0.207. The van der Waals surface area contributed by atoms with E-state index in [4.69, 9.17) is 5.73 Å². The van der Waals surface area contributed by atoms with Gasteiger partial charge in [-0.15, -0.1) is 0 Å². The highest BCUT2D eigenvalue weighted by Gasteiger charge is 2.21. The van der Waals surface area contributed by atoms with Gasteiger partial charge in [-0.2, -0.15) is 0 Å². The minimum absolute atomic E-state index is 0.0549. The second-order valence-corrected chi connectivity index (χ2v) is 5.51. The van der Waals surface area contributed by atoms with Crippen molar-refractivity contribution in [2.75, 3.05) is 6.54 Å². The summed E-state index contributed by atoms with van der Waals surface area (Å²) in [5.41, 5.74) is 5.88. The zero-order valence-electron chi connectivity index (χ0n) is 13.0. The first-order chi connectivity index (χ1) is 9.77. The first kappa shape index (κ1) is 17.1. The number of benzene rings is 1. The molecular weight excluding hydrogens is 270 g/mol. The van der Waals surface area contributed by atoms with Crippen molar-refractivity contribution in [1.29, 1.82) is 0 Å². The summed E-state index contributed by atoms with van der Waals surface area (Å²) in [6.45, 7) is 9.66. The number of nitro benzene ring substituents is 1. The number of carbonyl (C=O) groups excluding carboxylic acids is 1. The van der Waals surface area contributed by atoms with E-state index >= 15 is 0 Å². The van der Waals surface area contributed by atoms with Crippen LogP contribution in [0.3, 0.4) is 0 Å². The van der Waals surface area contributed by atoms with E-state index in [1.807, 2.05) is 6.92 Å².